The first-order valence-electron chi connectivity index (χ1n) is 8.76. The number of amidine groups is 1. The molecule has 4 rings (SSSR count). The van der Waals surface area contributed by atoms with Crippen LogP contribution < -0.4 is 5.32 Å². The first kappa shape index (κ1) is 18.8. The van der Waals surface area contributed by atoms with Crippen LogP contribution in [0.15, 0.2) is 53.5 Å². The van der Waals surface area contributed by atoms with Crippen LogP contribution in [-0.4, -0.2) is 18.9 Å². The molecule has 2 aromatic carbocycles. The summed E-state index contributed by atoms with van der Waals surface area (Å²) in [7, 11) is 0. The highest BCUT2D eigenvalue weighted by Crippen LogP contribution is 2.59. The average molecular weight is 398 g/mol. The van der Waals surface area contributed by atoms with Gasteiger partial charge in [-0.3, -0.25) is 4.99 Å². The van der Waals surface area contributed by atoms with Crippen molar-refractivity contribution in [2.45, 2.75) is 24.2 Å². The number of hydrogen-bond acceptors (Lipinski definition) is 2. The van der Waals surface area contributed by atoms with E-state index in [2.05, 4.69) is 10.3 Å². The minimum atomic E-state index is -4.44. The predicted molar refractivity (Wildman–Crippen MR) is 92.1 cm³/mol. The van der Waals surface area contributed by atoms with Crippen LogP contribution in [0.25, 0.3) is 0 Å². The molecule has 2 aromatic rings. The fourth-order valence-electron chi connectivity index (χ4n) is 3.96. The van der Waals surface area contributed by atoms with Gasteiger partial charge in [-0.05, 0) is 41.8 Å². The number of alkyl halides is 6. The van der Waals surface area contributed by atoms with E-state index in [1.807, 2.05) is 0 Å². The van der Waals surface area contributed by atoms with Crippen LogP contribution in [0.1, 0.15) is 28.7 Å². The second kappa shape index (κ2) is 6.25. The van der Waals surface area contributed by atoms with Gasteiger partial charge in [-0.1, -0.05) is 24.3 Å². The van der Waals surface area contributed by atoms with Gasteiger partial charge in [-0.15, -0.1) is 0 Å². The minimum Gasteiger partial charge on any atom is -0.372 e. The molecule has 0 aromatic heterocycles. The van der Waals surface area contributed by atoms with Crippen LogP contribution in [0.3, 0.4) is 0 Å². The molecular formula is C20H16F6N2. The molecule has 1 N–H and O–H groups in total. The van der Waals surface area contributed by atoms with Crippen molar-refractivity contribution in [1.29, 1.82) is 0 Å². The van der Waals surface area contributed by atoms with Crippen LogP contribution in [0.4, 0.5) is 26.3 Å². The summed E-state index contributed by atoms with van der Waals surface area (Å²) in [5.41, 5.74) is -0.909. The Morgan fingerprint density at radius 2 is 1.25 bits per heavy atom. The highest BCUT2D eigenvalue weighted by molar-refractivity contribution is 5.91. The third-order valence-electron chi connectivity index (χ3n) is 5.45. The third kappa shape index (κ3) is 3.14. The Bertz CT molecular complexity index is 837. The van der Waals surface area contributed by atoms with E-state index < -0.39 is 28.9 Å². The van der Waals surface area contributed by atoms with E-state index in [0.29, 0.717) is 30.6 Å². The number of benzene rings is 2. The number of halogens is 6. The van der Waals surface area contributed by atoms with Crippen LogP contribution in [0.5, 0.6) is 0 Å². The molecule has 2 aliphatic rings. The molecule has 0 bridgehead atoms. The Morgan fingerprint density at radius 1 is 0.786 bits per heavy atom. The molecule has 1 aliphatic carbocycles. The van der Waals surface area contributed by atoms with E-state index in [-0.39, 0.29) is 5.92 Å². The second-order valence-corrected chi connectivity index (χ2v) is 7.07. The quantitative estimate of drug-likeness (QED) is 0.721. The Balaban J connectivity index is 1.74. The summed E-state index contributed by atoms with van der Waals surface area (Å²) in [6.07, 6.45) is -8.31. The van der Waals surface area contributed by atoms with Crippen LogP contribution >= 0.6 is 0 Å². The van der Waals surface area contributed by atoms with Gasteiger partial charge in [0.1, 0.15) is 5.84 Å². The van der Waals surface area contributed by atoms with Gasteiger partial charge in [0, 0.05) is 17.9 Å². The van der Waals surface area contributed by atoms with E-state index in [4.69, 9.17) is 0 Å². The van der Waals surface area contributed by atoms with Gasteiger partial charge in [0.2, 0.25) is 0 Å². The van der Waals surface area contributed by atoms with Crippen molar-refractivity contribution >= 4 is 5.84 Å². The molecule has 1 unspecified atom stereocenters. The van der Waals surface area contributed by atoms with E-state index in [9.17, 15) is 26.3 Å². The maximum atomic E-state index is 12.9. The minimum absolute atomic E-state index is 0.0940. The lowest BCUT2D eigenvalue weighted by Crippen LogP contribution is -2.26. The fourth-order valence-corrected chi connectivity index (χ4v) is 3.96. The predicted octanol–water partition coefficient (Wildman–Crippen LogP) is 5.03. The summed E-state index contributed by atoms with van der Waals surface area (Å²) >= 11 is 0. The zero-order chi connectivity index (χ0) is 20.2. The monoisotopic (exact) mass is 398 g/mol. The van der Waals surface area contributed by atoms with E-state index in [1.165, 1.54) is 24.3 Å². The van der Waals surface area contributed by atoms with Gasteiger partial charge in [0.05, 0.1) is 17.7 Å². The lowest BCUT2D eigenvalue weighted by Gasteiger charge is -2.21. The molecule has 2 nitrogen and oxygen atoms in total. The van der Waals surface area contributed by atoms with Gasteiger partial charge in [0.15, 0.2) is 0 Å². The summed E-state index contributed by atoms with van der Waals surface area (Å²) in [4.78, 5) is 4.40. The standard InChI is InChI=1S/C20H16F6N2/c21-19(22,23)14-5-1-12(2-6-14)18(11-16(18)17-27-9-10-28-17)13-3-7-15(8-4-13)20(24,25)26/h1-8,16H,9-11H2,(H,27,28). The topological polar surface area (TPSA) is 24.4 Å². The first-order chi connectivity index (χ1) is 13.1. The van der Waals surface area contributed by atoms with Gasteiger partial charge in [-0.2, -0.15) is 26.3 Å². The molecule has 0 saturated heterocycles. The first-order valence-corrected chi connectivity index (χ1v) is 8.76. The molecule has 1 aliphatic heterocycles. The van der Waals surface area contributed by atoms with E-state index in [1.54, 1.807) is 0 Å². The molecule has 1 saturated carbocycles. The normalized spacial score (nSPS) is 21.2. The fraction of sp³-hybridized carbons (Fsp3) is 0.350. The highest BCUT2D eigenvalue weighted by atomic mass is 19.4. The SMILES string of the molecule is FC(F)(F)c1ccc(C2(c3ccc(C(F)(F)F)cc3)CC2C2=NCCN2)cc1. The smallest absolute Gasteiger partial charge is 0.372 e. The maximum Gasteiger partial charge on any atom is 0.416 e. The van der Waals surface area contributed by atoms with Crippen molar-refractivity contribution in [3.63, 3.8) is 0 Å². The largest absolute Gasteiger partial charge is 0.416 e. The summed E-state index contributed by atoms with van der Waals surface area (Å²) in [5.74, 6) is 0.670. The van der Waals surface area contributed by atoms with Crippen molar-refractivity contribution in [2.24, 2.45) is 10.9 Å². The molecule has 1 atom stereocenters. The van der Waals surface area contributed by atoms with Crippen molar-refractivity contribution in [3.8, 4) is 0 Å². The van der Waals surface area contributed by atoms with Crippen molar-refractivity contribution < 1.29 is 26.3 Å². The zero-order valence-corrected chi connectivity index (χ0v) is 14.5. The third-order valence-corrected chi connectivity index (χ3v) is 5.45. The Labute approximate surface area is 157 Å². The summed E-state index contributed by atoms with van der Waals surface area (Å²) in [6.45, 7) is 1.30. The van der Waals surface area contributed by atoms with Gasteiger partial charge < -0.3 is 5.32 Å². The molecule has 0 radical (unpaired) electrons. The lowest BCUT2D eigenvalue weighted by atomic mass is 9.84. The molecule has 1 fully saturated rings. The second-order valence-electron chi connectivity index (χ2n) is 7.07. The molecule has 0 spiro atoms. The molecule has 1 heterocycles. The Hall–Kier alpha value is -2.51. The number of aliphatic imine (C=N–C) groups is 1. The number of nitrogens with one attached hydrogen (secondary N) is 1. The number of rotatable bonds is 3. The molecule has 0 amide bonds. The summed E-state index contributed by atoms with van der Waals surface area (Å²) < 4.78 is 77.4. The van der Waals surface area contributed by atoms with Crippen LogP contribution in [0.2, 0.25) is 0 Å². The molecule has 148 valence electrons. The van der Waals surface area contributed by atoms with E-state index in [0.717, 1.165) is 30.1 Å². The maximum absolute atomic E-state index is 12.9. The van der Waals surface area contributed by atoms with E-state index >= 15 is 0 Å². The summed E-state index contributed by atoms with van der Waals surface area (Å²) in [6, 6.07) is 9.71. The molecule has 28 heavy (non-hydrogen) atoms. The van der Waals surface area contributed by atoms with Gasteiger partial charge >= 0.3 is 12.4 Å². The average Bonchev–Trinajstić information content (AvgIpc) is 3.16. The van der Waals surface area contributed by atoms with Crippen molar-refractivity contribution in [1.82, 2.24) is 5.32 Å². The highest BCUT2D eigenvalue weighted by Gasteiger charge is 2.59. The lowest BCUT2D eigenvalue weighted by molar-refractivity contribution is -0.138. The number of nitrogens with zero attached hydrogens (tertiary/aromatic N) is 1. The number of hydrogen-bond donors (Lipinski definition) is 1. The zero-order valence-electron chi connectivity index (χ0n) is 14.5. The van der Waals surface area contributed by atoms with Crippen LogP contribution in [0, 0.1) is 5.92 Å². The van der Waals surface area contributed by atoms with Crippen molar-refractivity contribution in [3.05, 3.63) is 70.8 Å². The summed E-state index contributed by atoms with van der Waals surface area (Å²) in [5, 5.41) is 3.17. The molecule has 8 heteroatoms. The van der Waals surface area contributed by atoms with Crippen LogP contribution in [-0.2, 0) is 17.8 Å². The molecular weight excluding hydrogens is 382 g/mol. The Kier molecular flexibility index (Phi) is 4.21. The van der Waals surface area contributed by atoms with Gasteiger partial charge in [0.25, 0.3) is 0 Å². The Morgan fingerprint density at radius 3 is 1.61 bits per heavy atom. The van der Waals surface area contributed by atoms with Crippen molar-refractivity contribution in [2.75, 3.05) is 13.1 Å². The van der Waals surface area contributed by atoms with Gasteiger partial charge in [-0.25, -0.2) is 0 Å².